The van der Waals surface area contributed by atoms with Crippen LogP contribution in [0.15, 0.2) is 18.2 Å². The minimum absolute atomic E-state index is 0.316. The number of aryl methyl sites for hydroxylation is 2. The van der Waals surface area contributed by atoms with Gasteiger partial charge < -0.3 is 0 Å². The van der Waals surface area contributed by atoms with Crippen LogP contribution in [-0.4, -0.2) is 11.1 Å². The molecule has 0 heterocycles. The molecule has 0 amide bonds. The maximum absolute atomic E-state index is 11.5. The van der Waals surface area contributed by atoms with E-state index in [4.69, 9.17) is 11.6 Å². The number of rotatable bonds is 6. The summed E-state index contributed by atoms with van der Waals surface area (Å²) in [6, 6.07) is 5.99. The van der Waals surface area contributed by atoms with Gasteiger partial charge in [-0.05, 0) is 37.0 Å². The van der Waals surface area contributed by atoms with Crippen LogP contribution < -0.4 is 0 Å². The van der Waals surface area contributed by atoms with Crippen molar-refractivity contribution in [2.75, 3.05) is 5.33 Å². The molecule has 0 aliphatic carbocycles. The molecule has 1 nitrogen and oxygen atoms in total. The van der Waals surface area contributed by atoms with Crippen LogP contribution in [0.1, 0.15) is 30.4 Å². The first-order valence-electron chi connectivity index (χ1n) is 5.46. The molecule has 0 aliphatic rings. The van der Waals surface area contributed by atoms with E-state index < -0.39 is 0 Å². The summed E-state index contributed by atoms with van der Waals surface area (Å²) < 4.78 is 0. The van der Waals surface area contributed by atoms with Gasteiger partial charge in [0.1, 0.15) is 5.78 Å². The van der Waals surface area contributed by atoms with E-state index >= 15 is 0 Å². The second kappa shape index (κ2) is 7.08. The van der Waals surface area contributed by atoms with Crippen LogP contribution >= 0.6 is 27.5 Å². The lowest BCUT2D eigenvalue weighted by atomic mass is 10.0. The van der Waals surface area contributed by atoms with Gasteiger partial charge in [-0.1, -0.05) is 39.7 Å². The van der Waals surface area contributed by atoms with Crippen molar-refractivity contribution in [3.8, 4) is 0 Å². The van der Waals surface area contributed by atoms with Crippen LogP contribution in [0, 0.1) is 6.92 Å². The Labute approximate surface area is 110 Å². The van der Waals surface area contributed by atoms with Crippen molar-refractivity contribution in [3.05, 3.63) is 34.3 Å². The van der Waals surface area contributed by atoms with Crippen LogP contribution in [0.25, 0.3) is 0 Å². The second-order valence-corrected chi connectivity index (χ2v) is 5.13. The van der Waals surface area contributed by atoms with Crippen molar-refractivity contribution in [2.24, 2.45) is 0 Å². The van der Waals surface area contributed by atoms with Gasteiger partial charge in [-0.3, -0.25) is 4.79 Å². The third-order valence-corrected chi connectivity index (χ3v) is 3.38. The number of hydrogen-bond acceptors (Lipinski definition) is 1. The normalized spacial score (nSPS) is 10.4. The fourth-order valence-corrected chi connectivity index (χ4v) is 2.13. The molecule has 0 radical (unpaired) electrons. The van der Waals surface area contributed by atoms with E-state index in [0.29, 0.717) is 18.6 Å². The molecule has 0 bridgehead atoms. The Morgan fingerprint density at radius 1 is 1.38 bits per heavy atom. The first kappa shape index (κ1) is 13.7. The maximum atomic E-state index is 11.5. The monoisotopic (exact) mass is 302 g/mol. The molecule has 1 aromatic carbocycles. The van der Waals surface area contributed by atoms with Gasteiger partial charge in [0, 0.05) is 23.2 Å². The minimum Gasteiger partial charge on any atom is -0.300 e. The Kier molecular flexibility index (Phi) is 6.07. The van der Waals surface area contributed by atoms with Crippen molar-refractivity contribution in [1.82, 2.24) is 0 Å². The van der Waals surface area contributed by atoms with Gasteiger partial charge in [0.15, 0.2) is 0 Å². The Balaban J connectivity index is 2.45. The van der Waals surface area contributed by atoms with Crippen molar-refractivity contribution >= 4 is 33.3 Å². The number of ketones is 1. The fraction of sp³-hybridized carbons (Fsp3) is 0.462. The number of Topliss-reactive ketones (excluding diaryl/α,β-unsaturated/α-hetero) is 1. The quantitative estimate of drug-likeness (QED) is 0.715. The molecular formula is C13H16BrClO. The standard InChI is InChI=1S/C13H16BrClO/c1-10-4-5-11(13(15)9-10)6-7-12(16)3-2-8-14/h4-5,9H,2-3,6-8H2,1H3. The van der Waals surface area contributed by atoms with Crippen LogP contribution in [0.4, 0.5) is 0 Å². The van der Waals surface area contributed by atoms with E-state index in [-0.39, 0.29) is 0 Å². The Bertz CT molecular complexity index is 363. The van der Waals surface area contributed by atoms with Gasteiger partial charge in [0.25, 0.3) is 0 Å². The van der Waals surface area contributed by atoms with E-state index in [1.165, 1.54) is 0 Å². The molecule has 1 rings (SSSR count). The SMILES string of the molecule is Cc1ccc(CCC(=O)CCCBr)c(Cl)c1. The molecule has 16 heavy (non-hydrogen) atoms. The van der Waals surface area contributed by atoms with Crippen LogP contribution in [-0.2, 0) is 11.2 Å². The molecule has 3 heteroatoms. The molecule has 0 saturated heterocycles. The van der Waals surface area contributed by atoms with Crippen molar-refractivity contribution in [3.63, 3.8) is 0 Å². The number of hydrogen-bond donors (Lipinski definition) is 0. The first-order valence-corrected chi connectivity index (χ1v) is 6.96. The van der Waals surface area contributed by atoms with Crippen molar-refractivity contribution in [2.45, 2.75) is 32.6 Å². The lowest BCUT2D eigenvalue weighted by molar-refractivity contribution is -0.119. The molecule has 0 fully saturated rings. The number of carbonyl (C=O) groups excluding carboxylic acids is 1. The molecule has 88 valence electrons. The topological polar surface area (TPSA) is 17.1 Å². The molecule has 1 aromatic rings. The Morgan fingerprint density at radius 3 is 2.75 bits per heavy atom. The van der Waals surface area contributed by atoms with E-state index in [0.717, 1.165) is 34.3 Å². The van der Waals surface area contributed by atoms with Crippen LogP contribution in [0.2, 0.25) is 5.02 Å². The zero-order valence-corrected chi connectivity index (χ0v) is 11.8. The summed E-state index contributed by atoms with van der Waals surface area (Å²) >= 11 is 9.42. The first-order chi connectivity index (χ1) is 7.63. The zero-order chi connectivity index (χ0) is 12.0. The molecule has 0 spiro atoms. The predicted octanol–water partition coefficient (Wildman–Crippen LogP) is 4.33. The number of carbonyl (C=O) groups is 1. The predicted molar refractivity (Wildman–Crippen MR) is 72.5 cm³/mol. The third kappa shape index (κ3) is 4.67. The third-order valence-electron chi connectivity index (χ3n) is 2.47. The summed E-state index contributed by atoms with van der Waals surface area (Å²) in [5, 5.41) is 1.66. The van der Waals surface area contributed by atoms with Gasteiger partial charge in [-0.15, -0.1) is 0 Å². The Morgan fingerprint density at radius 2 is 2.12 bits per heavy atom. The molecule has 0 aliphatic heterocycles. The summed E-state index contributed by atoms with van der Waals surface area (Å²) in [7, 11) is 0. The lowest BCUT2D eigenvalue weighted by Crippen LogP contribution is -2.00. The van der Waals surface area contributed by atoms with E-state index in [9.17, 15) is 4.79 Å². The van der Waals surface area contributed by atoms with Crippen LogP contribution in [0.3, 0.4) is 0 Å². The van der Waals surface area contributed by atoms with Crippen molar-refractivity contribution in [1.29, 1.82) is 0 Å². The van der Waals surface area contributed by atoms with E-state index in [1.807, 2.05) is 25.1 Å². The van der Waals surface area contributed by atoms with E-state index in [1.54, 1.807) is 0 Å². The average molecular weight is 304 g/mol. The van der Waals surface area contributed by atoms with Gasteiger partial charge >= 0.3 is 0 Å². The highest BCUT2D eigenvalue weighted by Gasteiger charge is 2.05. The maximum Gasteiger partial charge on any atom is 0.133 e. The number of alkyl halides is 1. The van der Waals surface area contributed by atoms with Gasteiger partial charge in [-0.2, -0.15) is 0 Å². The minimum atomic E-state index is 0.316. The molecule has 0 aromatic heterocycles. The van der Waals surface area contributed by atoms with Gasteiger partial charge in [0.05, 0.1) is 0 Å². The second-order valence-electron chi connectivity index (χ2n) is 3.93. The fourth-order valence-electron chi connectivity index (χ4n) is 1.52. The highest BCUT2D eigenvalue weighted by atomic mass is 79.9. The highest BCUT2D eigenvalue weighted by molar-refractivity contribution is 9.09. The molecule has 0 unspecified atom stereocenters. The summed E-state index contributed by atoms with van der Waals surface area (Å²) in [5.74, 6) is 0.316. The summed E-state index contributed by atoms with van der Waals surface area (Å²) in [6.45, 7) is 2.01. The number of halogens is 2. The Hall–Kier alpha value is -0.340. The average Bonchev–Trinajstić information content (AvgIpc) is 2.25. The molecule has 0 saturated carbocycles. The summed E-state index contributed by atoms with van der Waals surface area (Å²) in [6.07, 6.45) is 2.92. The lowest BCUT2D eigenvalue weighted by Gasteiger charge is -2.04. The molecule has 0 atom stereocenters. The largest absolute Gasteiger partial charge is 0.300 e. The van der Waals surface area contributed by atoms with Gasteiger partial charge in [-0.25, -0.2) is 0 Å². The van der Waals surface area contributed by atoms with E-state index in [2.05, 4.69) is 15.9 Å². The number of benzene rings is 1. The summed E-state index contributed by atoms with van der Waals surface area (Å²) in [5.41, 5.74) is 2.22. The van der Waals surface area contributed by atoms with Crippen molar-refractivity contribution < 1.29 is 4.79 Å². The molecular weight excluding hydrogens is 287 g/mol. The van der Waals surface area contributed by atoms with Gasteiger partial charge in [0.2, 0.25) is 0 Å². The highest BCUT2D eigenvalue weighted by Crippen LogP contribution is 2.19. The zero-order valence-electron chi connectivity index (χ0n) is 9.43. The smallest absolute Gasteiger partial charge is 0.133 e. The van der Waals surface area contributed by atoms with Crippen LogP contribution in [0.5, 0.6) is 0 Å². The summed E-state index contributed by atoms with van der Waals surface area (Å²) in [4.78, 5) is 11.5. The molecule has 0 N–H and O–H groups in total.